The molecular formula is C25H19O2P. The molecule has 5 rings (SSSR count). The van der Waals surface area contributed by atoms with Crippen LogP contribution < -0.4 is 0 Å². The molecule has 2 nitrogen and oxygen atoms in total. The third-order valence-electron chi connectivity index (χ3n) is 5.08. The minimum Gasteiger partial charge on any atom is -0.456 e. The van der Waals surface area contributed by atoms with Gasteiger partial charge in [-0.25, -0.2) is 0 Å². The zero-order valence-corrected chi connectivity index (χ0v) is 16.4. The van der Waals surface area contributed by atoms with Gasteiger partial charge >= 0.3 is 0 Å². The van der Waals surface area contributed by atoms with Gasteiger partial charge in [0.25, 0.3) is 0 Å². The third-order valence-corrected chi connectivity index (χ3v) is 6.57. The summed E-state index contributed by atoms with van der Waals surface area (Å²) >= 11 is 0. The molecule has 0 saturated carbocycles. The van der Waals surface area contributed by atoms with Crippen molar-refractivity contribution >= 4 is 40.2 Å². The number of hydrogen-bond donors (Lipinski definition) is 0. The average Bonchev–Trinajstić information content (AvgIpc) is 2.71. The Morgan fingerprint density at radius 2 is 1.04 bits per heavy atom. The van der Waals surface area contributed by atoms with E-state index < -0.39 is 7.14 Å². The van der Waals surface area contributed by atoms with E-state index in [1.165, 1.54) is 0 Å². The second kappa shape index (κ2) is 6.51. The highest BCUT2D eigenvalue weighted by Crippen LogP contribution is 2.54. The van der Waals surface area contributed by atoms with E-state index in [4.69, 9.17) is 4.74 Å². The van der Waals surface area contributed by atoms with E-state index in [0.717, 1.165) is 32.7 Å². The summed E-state index contributed by atoms with van der Waals surface area (Å²) in [4.78, 5) is 0. The molecule has 1 aliphatic rings. The summed E-state index contributed by atoms with van der Waals surface area (Å²) < 4.78 is 19.6. The number of hydrogen-bond acceptors (Lipinski definition) is 2. The van der Waals surface area contributed by atoms with Crippen LogP contribution in [0, 0.1) is 0 Å². The lowest BCUT2D eigenvalue weighted by molar-refractivity contribution is 0.470. The maximum absolute atomic E-state index is 13.2. The summed E-state index contributed by atoms with van der Waals surface area (Å²) in [5, 5.41) is 4.46. The maximum atomic E-state index is 13.2. The van der Waals surface area contributed by atoms with Crippen LogP contribution >= 0.6 is 7.14 Å². The normalized spacial score (nSPS) is 15.8. The third kappa shape index (κ3) is 2.96. The van der Waals surface area contributed by atoms with Gasteiger partial charge in [-0.2, -0.15) is 0 Å². The summed E-state index contributed by atoms with van der Waals surface area (Å²) in [6.07, 6.45) is 0. The molecule has 0 aromatic heterocycles. The quantitative estimate of drug-likeness (QED) is 0.340. The molecule has 3 heteroatoms. The van der Waals surface area contributed by atoms with Gasteiger partial charge in [-0.05, 0) is 28.2 Å². The predicted molar refractivity (Wildman–Crippen MR) is 118 cm³/mol. The maximum Gasteiger partial charge on any atom is 0.139 e. The first kappa shape index (κ1) is 17.0. The first-order valence-electron chi connectivity index (χ1n) is 9.27. The monoisotopic (exact) mass is 382 g/mol. The van der Waals surface area contributed by atoms with Crippen molar-refractivity contribution in [2.24, 2.45) is 0 Å². The van der Waals surface area contributed by atoms with Gasteiger partial charge < -0.3 is 9.30 Å². The van der Waals surface area contributed by atoms with E-state index in [9.17, 15) is 4.57 Å². The van der Waals surface area contributed by atoms with E-state index in [0.29, 0.717) is 11.5 Å². The van der Waals surface area contributed by atoms with Crippen molar-refractivity contribution in [1.29, 1.82) is 0 Å². The molecule has 4 aromatic rings. The Labute approximate surface area is 164 Å². The first-order valence-corrected chi connectivity index (χ1v) is 11.6. The van der Waals surface area contributed by atoms with Crippen molar-refractivity contribution in [1.82, 2.24) is 0 Å². The smallest absolute Gasteiger partial charge is 0.139 e. The predicted octanol–water partition coefficient (Wildman–Crippen LogP) is 7.31. The van der Waals surface area contributed by atoms with Crippen LogP contribution in [0.3, 0.4) is 0 Å². The van der Waals surface area contributed by atoms with Crippen molar-refractivity contribution in [3.05, 3.63) is 108 Å². The molecule has 0 radical (unpaired) electrons. The zero-order chi connectivity index (χ0) is 19.1. The summed E-state index contributed by atoms with van der Waals surface area (Å²) in [5.74, 6) is 4.88. The Kier molecular flexibility index (Phi) is 3.96. The average molecular weight is 382 g/mol. The molecule has 1 aliphatic heterocycles. The largest absolute Gasteiger partial charge is 0.456 e. The number of fused-ring (bicyclic) bond motifs is 2. The van der Waals surface area contributed by atoms with Crippen molar-refractivity contribution in [2.75, 3.05) is 6.66 Å². The van der Waals surface area contributed by atoms with Crippen LogP contribution in [-0.2, 0) is 9.30 Å². The van der Waals surface area contributed by atoms with E-state index in [2.05, 4.69) is 36.4 Å². The Bertz CT molecular complexity index is 1220. The SMILES string of the molecule is CP1(=O)C=C(c2cccc3ccccc23)OC(c2cccc3ccccc23)=C1. The van der Waals surface area contributed by atoms with Crippen LogP contribution in [0.2, 0.25) is 0 Å². The summed E-state index contributed by atoms with van der Waals surface area (Å²) in [6.45, 7) is 1.78. The molecule has 1 heterocycles. The molecule has 0 unspecified atom stereocenters. The van der Waals surface area contributed by atoms with Gasteiger partial charge in [0, 0.05) is 22.8 Å². The molecule has 0 spiro atoms. The molecule has 4 aromatic carbocycles. The van der Waals surface area contributed by atoms with Crippen LogP contribution in [0.1, 0.15) is 11.1 Å². The van der Waals surface area contributed by atoms with Crippen molar-refractivity contribution in [3.63, 3.8) is 0 Å². The molecule has 0 atom stereocenters. The van der Waals surface area contributed by atoms with Gasteiger partial charge in [0.2, 0.25) is 0 Å². The number of benzene rings is 4. The van der Waals surface area contributed by atoms with Gasteiger partial charge in [-0.15, -0.1) is 0 Å². The first-order chi connectivity index (χ1) is 13.6. The van der Waals surface area contributed by atoms with E-state index >= 15 is 0 Å². The van der Waals surface area contributed by atoms with Crippen LogP contribution in [0.5, 0.6) is 0 Å². The fourth-order valence-corrected chi connectivity index (χ4v) is 5.19. The Morgan fingerprint density at radius 1 is 0.607 bits per heavy atom. The van der Waals surface area contributed by atoms with Gasteiger partial charge in [-0.3, -0.25) is 0 Å². The Balaban J connectivity index is 1.67. The lowest BCUT2D eigenvalue weighted by Crippen LogP contribution is -1.99. The van der Waals surface area contributed by atoms with Crippen LogP contribution in [-0.4, -0.2) is 6.66 Å². The van der Waals surface area contributed by atoms with Crippen molar-refractivity contribution < 1.29 is 9.30 Å². The van der Waals surface area contributed by atoms with Gasteiger partial charge in [0.05, 0.1) is 0 Å². The number of rotatable bonds is 2. The van der Waals surface area contributed by atoms with Crippen molar-refractivity contribution in [3.8, 4) is 0 Å². The minimum absolute atomic E-state index is 0.660. The zero-order valence-electron chi connectivity index (χ0n) is 15.5. The highest BCUT2D eigenvalue weighted by atomic mass is 31.2. The Hall–Kier alpha value is -3.09. The second-order valence-electron chi connectivity index (χ2n) is 7.20. The molecule has 0 N–H and O–H groups in total. The fraction of sp³-hybridized carbons (Fsp3) is 0.0400. The molecule has 0 saturated heterocycles. The standard InChI is InChI=1S/C25H19O2P/c1-28(26)16-24(22-14-6-10-18-8-2-4-12-20(18)22)27-25(17-28)23-15-7-11-19-9-3-5-13-21(19)23/h2-17H,1H3. The topological polar surface area (TPSA) is 26.3 Å². The van der Waals surface area contributed by atoms with Gasteiger partial charge in [0.1, 0.15) is 18.7 Å². The van der Waals surface area contributed by atoms with Gasteiger partial charge in [-0.1, -0.05) is 84.9 Å². The summed E-state index contributed by atoms with van der Waals surface area (Å²) in [5.41, 5.74) is 1.93. The molecule has 0 aliphatic carbocycles. The van der Waals surface area contributed by atoms with Crippen LogP contribution in [0.15, 0.2) is 96.6 Å². The fourth-order valence-electron chi connectivity index (χ4n) is 3.80. The van der Waals surface area contributed by atoms with E-state index in [1.54, 1.807) is 18.3 Å². The highest BCUT2D eigenvalue weighted by Gasteiger charge is 2.24. The molecule has 0 fully saturated rings. The Morgan fingerprint density at radius 3 is 1.54 bits per heavy atom. The van der Waals surface area contributed by atoms with Gasteiger partial charge in [0.15, 0.2) is 0 Å². The molecule has 0 amide bonds. The molecule has 28 heavy (non-hydrogen) atoms. The summed E-state index contributed by atoms with van der Waals surface area (Å²) in [7, 11) is -2.63. The van der Waals surface area contributed by atoms with E-state index in [1.807, 2.05) is 48.5 Å². The second-order valence-corrected chi connectivity index (χ2v) is 9.84. The lowest BCUT2D eigenvalue weighted by atomic mass is 10.0. The molecule has 136 valence electrons. The van der Waals surface area contributed by atoms with Crippen molar-refractivity contribution in [2.45, 2.75) is 0 Å². The van der Waals surface area contributed by atoms with Crippen LogP contribution in [0.25, 0.3) is 33.1 Å². The minimum atomic E-state index is -2.63. The van der Waals surface area contributed by atoms with Crippen LogP contribution in [0.4, 0.5) is 0 Å². The molecule has 0 bridgehead atoms. The lowest BCUT2D eigenvalue weighted by Gasteiger charge is -2.22. The van der Waals surface area contributed by atoms with E-state index in [-0.39, 0.29) is 0 Å². The highest BCUT2D eigenvalue weighted by molar-refractivity contribution is 7.69. The summed E-state index contributed by atoms with van der Waals surface area (Å²) in [6, 6.07) is 28.6. The number of ether oxygens (including phenoxy) is 1. The molecular weight excluding hydrogens is 363 g/mol.